The van der Waals surface area contributed by atoms with E-state index in [1.807, 2.05) is 36.9 Å². The van der Waals surface area contributed by atoms with Crippen molar-refractivity contribution in [3.05, 3.63) is 29.8 Å². The number of carboxylic acids is 1. The standard InChI is InChI=1S/C27H40N2O6/c1-26(2,19-24(31)32)18-23(30)29-13-11-27(12-14-29)10-6-7-16-34-17-15-28(3)25(33)21-8-4-5-9-22(21)35-20-27/h4-5,8-9H,6-7,10-20H2,1-3H3,(H,31,32). The number of hydrogen-bond donors (Lipinski definition) is 1. The number of hydrogen-bond acceptors (Lipinski definition) is 5. The highest BCUT2D eigenvalue weighted by atomic mass is 16.5. The Labute approximate surface area is 208 Å². The van der Waals surface area contributed by atoms with Gasteiger partial charge in [-0.05, 0) is 43.2 Å². The lowest BCUT2D eigenvalue weighted by molar-refractivity contribution is -0.141. The molecular formula is C27H40N2O6. The number of amides is 2. The molecule has 2 amide bonds. The highest BCUT2D eigenvalue weighted by Gasteiger charge is 2.38. The zero-order chi connectivity index (χ0) is 25.5. The molecule has 2 aliphatic rings. The fourth-order valence-corrected chi connectivity index (χ4v) is 5.00. The molecule has 0 bridgehead atoms. The van der Waals surface area contributed by atoms with Gasteiger partial charge >= 0.3 is 5.97 Å². The van der Waals surface area contributed by atoms with Crippen molar-refractivity contribution >= 4 is 17.8 Å². The van der Waals surface area contributed by atoms with Crippen LogP contribution < -0.4 is 4.74 Å². The van der Waals surface area contributed by atoms with E-state index in [1.54, 1.807) is 18.0 Å². The summed E-state index contributed by atoms with van der Waals surface area (Å²) in [5, 5.41) is 9.13. The predicted molar refractivity (Wildman–Crippen MR) is 132 cm³/mol. The van der Waals surface area contributed by atoms with Crippen LogP contribution in [-0.4, -0.2) is 79.2 Å². The van der Waals surface area contributed by atoms with Gasteiger partial charge in [0.05, 0.1) is 25.2 Å². The number of ether oxygens (including phenoxy) is 2. The summed E-state index contributed by atoms with van der Waals surface area (Å²) >= 11 is 0. The van der Waals surface area contributed by atoms with Crippen LogP contribution in [0, 0.1) is 10.8 Å². The third-order valence-electron chi connectivity index (χ3n) is 7.25. The van der Waals surface area contributed by atoms with Crippen LogP contribution in [0.2, 0.25) is 0 Å². The van der Waals surface area contributed by atoms with Gasteiger partial charge in [0.25, 0.3) is 5.91 Å². The van der Waals surface area contributed by atoms with Gasteiger partial charge in [0, 0.05) is 45.1 Å². The van der Waals surface area contributed by atoms with E-state index in [2.05, 4.69) is 0 Å². The second-order valence-corrected chi connectivity index (χ2v) is 10.9. The molecule has 1 aromatic carbocycles. The van der Waals surface area contributed by atoms with Crippen LogP contribution in [0.25, 0.3) is 0 Å². The van der Waals surface area contributed by atoms with E-state index < -0.39 is 11.4 Å². The van der Waals surface area contributed by atoms with Crippen LogP contribution in [0.4, 0.5) is 0 Å². The van der Waals surface area contributed by atoms with Gasteiger partial charge in [0.2, 0.25) is 5.91 Å². The fourth-order valence-electron chi connectivity index (χ4n) is 5.00. The Balaban J connectivity index is 1.70. The number of aliphatic carboxylic acids is 1. The largest absolute Gasteiger partial charge is 0.492 e. The van der Waals surface area contributed by atoms with Gasteiger partial charge in [0.1, 0.15) is 5.75 Å². The first-order chi connectivity index (χ1) is 16.6. The summed E-state index contributed by atoms with van der Waals surface area (Å²) < 4.78 is 12.1. The normalized spacial score (nSPS) is 20.0. The molecule has 1 aromatic rings. The second-order valence-electron chi connectivity index (χ2n) is 10.9. The molecule has 8 nitrogen and oxygen atoms in total. The summed E-state index contributed by atoms with van der Waals surface area (Å²) in [7, 11) is 1.78. The van der Waals surface area contributed by atoms with Crippen molar-refractivity contribution in [3.63, 3.8) is 0 Å². The minimum Gasteiger partial charge on any atom is -0.492 e. The predicted octanol–water partition coefficient (Wildman–Crippen LogP) is 3.84. The van der Waals surface area contributed by atoms with Crippen molar-refractivity contribution in [1.29, 1.82) is 0 Å². The number of benzene rings is 1. The molecule has 0 aliphatic carbocycles. The maximum Gasteiger partial charge on any atom is 0.303 e. The molecule has 1 spiro atoms. The first kappa shape index (κ1) is 27.0. The number of fused-ring (bicyclic) bond motifs is 1. The number of carbonyl (C=O) groups excluding carboxylic acids is 2. The molecule has 2 aliphatic heterocycles. The molecule has 0 aromatic heterocycles. The van der Waals surface area contributed by atoms with Crippen molar-refractivity contribution in [3.8, 4) is 5.75 Å². The molecule has 194 valence electrons. The zero-order valence-electron chi connectivity index (χ0n) is 21.4. The van der Waals surface area contributed by atoms with Crippen LogP contribution >= 0.6 is 0 Å². The van der Waals surface area contributed by atoms with E-state index in [0.29, 0.717) is 50.8 Å². The van der Waals surface area contributed by atoms with E-state index >= 15 is 0 Å². The van der Waals surface area contributed by atoms with E-state index in [0.717, 1.165) is 32.1 Å². The lowest BCUT2D eigenvalue weighted by atomic mass is 9.74. The lowest BCUT2D eigenvalue weighted by Crippen LogP contribution is -2.46. The molecule has 1 N–H and O–H groups in total. The summed E-state index contributed by atoms with van der Waals surface area (Å²) in [5.41, 5.74) is -0.107. The van der Waals surface area contributed by atoms with Crippen molar-refractivity contribution in [2.75, 3.05) is 46.5 Å². The van der Waals surface area contributed by atoms with Gasteiger partial charge in [-0.2, -0.15) is 0 Å². The molecule has 1 saturated heterocycles. The number of carbonyl (C=O) groups is 3. The highest BCUT2D eigenvalue weighted by molar-refractivity contribution is 5.96. The average Bonchev–Trinajstić information content (AvgIpc) is 2.80. The molecule has 35 heavy (non-hydrogen) atoms. The third-order valence-corrected chi connectivity index (χ3v) is 7.25. The Hall–Kier alpha value is -2.61. The molecule has 0 atom stereocenters. The number of rotatable bonds is 4. The van der Waals surface area contributed by atoms with Gasteiger partial charge < -0.3 is 24.4 Å². The number of likely N-dealkylation sites (N-methyl/N-ethyl adjacent to an activating group) is 1. The SMILES string of the molecule is CN1CCOCCCCC2(CCN(C(=O)CC(C)(C)CC(=O)O)CC2)COc2ccccc2C1=O. The highest BCUT2D eigenvalue weighted by Crippen LogP contribution is 2.39. The number of carboxylic acid groups (broad SMARTS) is 1. The van der Waals surface area contributed by atoms with Crippen LogP contribution in [-0.2, 0) is 14.3 Å². The van der Waals surface area contributed by atoms with Crippen molar-refractivity contribution in [2.45, 2.75) is 58.8 Å². The topological polar surface area (TPSA) is 96.4 Å². The second kappa shape index (κ2) is 11.9. The molecule has 3 rings (SSSR count). The van der Waals surface area contributed by atoms with Crippen LogP contribution in [0.3, 0.4) is 0 Å². The van der Waals surface area contributed by atoms with Crippen molar-refractivity contribution < 1.29 is 29.0 Å². The first-order valence-electron chi connectivity index (χ1n) is 12.7. The Bertz CT molecular complexity index is 891. The molecule has 8 heteroatoms. The van der Waals surface area contributed by atoms with E-state index in [-0.39, 0.29) is 30.1 Å². The monoisotopic (exact) mass is 488 g/mol. The third kappa shape index (κ3) is 7.69. The summed E-state index contributed by atoms with van der Waals surface area (Å²) in [6.07, 6.45) is 4.76. The van der Waals surface area contributed by atoms with Gasteiger partial charge in [-0.25, -0.2) is 0 Å². The molecule has 0 unspecified atom stereocenters. The van der Waals surface area contributed by atoms with Gasteiger partial charge in [-0.15, -0.1) is 0 Å². The van der Waals surface area contributed by atoms with Crippen LogP contribution in [0.1, 0.15) is 69.2 Å². The lowest BCUT2D eigenvalue weighted by Gasteiger charge is -2.42. The van der Waals surface area contributed by atoms with E-state index in [4.69, 9.17) is 14.6 Å². The minimum atomic E-state index is -0.883. The Morgan fingerprint density at radius 1 is 1.03 bits per heavy atom. The Morgan fingerprint density at radius 3 is 2.46 bits per heavy atom. The number of piperidine rings is 1. The van der Waals surface area contributed by atoms with Gasteiger partial charge in [-0.1, -0.05) is 32.4 Å². The first-order valence-corrected chi connectivity index (χ1v) is 12.7. The fraction of sp³-hybridized carbons (Fsp3) is 0.667. The number of para-hydroxylation sites is 1. The summed E-state index contributed by atoms with van der Waals surface area (Å²) in [6, 6.07) is 7.37. The molecule has 0 radical (unpaired) electrons. The van der Waals surface area contributed by atoms with Crippen molar-refractivity contribution in [1.82, 2.24) is 9.80 Å². The quantitative estimate of drug-likeness (QED) is 0.692. The Morgan fingerprint density at radius 2 is 1.74 bits per heavy atom. The maximum atomic E-state index is 13.0. The van der Waals surface area contributed by atoms with Crippen molar-refractivity contribution in [2.24, 2.45) is 10.8 Å². The van der Waals surface area contributed by atoms with E-state index in [9.17, 15) is 14.4 Å². The number of likely N-dealkylation sites (tertiary alicyclic amines) is 1. The van der Waals surface area contributed by atoms with Crippen LogP contribution in [0.5, 0.6) is 5.75 Å². The minimum absolute atomic E-state index is 0.0142. The molecule has 0 saturated carbocycles. The number of nitrogens with zero attached hydrogens (tertiary/aromatic N) is 2. The van der Waals surface area contributed by atoms with Gasteiger partial charge in [0.15, 0.2) is 0 Å². The van der Waals surface area contributed by atoms with Gasteiger partial charge in [-0.3, -0.25) is 14.4 Å². The molecular weight excluding hydrogens is 448 g/mol. The smallest absolute Gasteiger partial charge is 0.303 e. The zero-order valence-corrected chi connectivity index (χ0v) is 21.4. The maximum absolute atomic E-state index is 13.0. The summed E-state index contributed by atoms with van der Waals surface area (Å²) in [6.45, 7) is 7.11. The van der Waals surface area contributed by atoms with Crippen LogP contribution in [0.15, 0.2) is 24.3 Å². The van der Waals surface area contributed by atoms with E-state index in [1.165, 1.54) is 0 Å². The Kier molecular flexibility index (Phi) is 9.16. The average molecular weight is 489 g/mol. The summed E-state index contributed by atoms with van der Waals surface area (Å²) in [4.78, 5) is 40.6. The summed E-state index contributed by atoms with van der Waals surface area (Å²) in [5.74, 6) is -0.359. The molecule has 2 heterocycles. The molecule has 1 fully saturated rings.